The van der Waals surface area contributed by atoms with Gasteiger partial charge in [-0.1, -0.05) is 62.9 Å². The summed E-state index contributed by atoms with van der Waals surface area (Å²) < 4.78 is 10.9. The molecule has 0 aliphatic heterocycles. The zero-order valence-electron chi connectivity index (χ0n) is 20.3. The molecule has 2 aromatic heterocycles. The van der Waals surface area contributed by atoms with Crippen LogP contribution < -0.4 is 10.4 Å². The van der Waals surface area contributed by atoms with Gasteiger partial charge in [0.05, 0.1) is 13.7 Å². The summed E-state index contributed by atoms with van der Waals surface area (Å²) >= 11 is 5.49. The highest BCUT2D eigenvalue weighted by Gasteiger charge is 2.18. The molecule has 8 nitrogen and oxygen atoms in total. The molecule has 0 bridgehead atoms. The first-order valence-electron chi connectivity index (χ1n) is 12.1. The molecular weight excluding hydrogens is 460 g/mol. The van der Waals surface area contributed by atoms with Crippen molar-refractivity contribution < 1.29 is 4.74 Å². The van der Waals surface area contributed by atoms with Gasteiger partial charge in [-0.05, 0) is 48.5 Å². The molecule has 184 valence electrons. The van der Waals surface area contributed by atoms with E-state index in [0.717, 1.165) is 29.8 Å². The molecular formula is C26H32N6O2S. The number of ether oxygens (including phenoxy) is 1. The lowest BCUT2D eigenvalue weighted by atomic mass is 10.1. The maximum Gasteiger partial charge on any atom is 0.346 e. The number of benzene rings is 2. The highest BCUT2D eigenvalue weighted by Crippen LogP contribution is 2.16. The van der Waals surface area contributed by atoms with Gasteiger partial charge in [-0.3, -0.25) is 14.2 Å². The van der Waals surface area contributed by atoms with Gasteiger partial charge in [0, 0.05) is 18.7 Å². The first kappa shape index (κ1) is 24.7. The van der Waals surface area contributed by atoms with Gasteiger partial charge in [0.1, 0.15) is 11.6 Å². The van der Waals surface area contributed by atoms with Crippen molar-refractivity contribution in [3.63, 3.8) is 0 Å². The predicted octanol–water partition coefficient (Wildman–Crippen LogP) is 4.91. The molecule has 0 atom stereocenters. The van der Waals surface area contributed by atoms with Crippen molar-refractivity contribution in [3.8, 4) is 11.4 Å². The molecule has 0 unspecified atom stereocenters. The maximum atomic E-state index is 13.4. The van der Waals surface area contributed by atoms with Gasteiger partial charge in [0.25, 0.3) is 0 Å². The first-order chi connectivity index (χ1) is 17.1. The number of aryl methyl sites for hydroxylation is 1. The number of hydrogen-bond acceptors (Lipinski definition) is 5. The molecule has 0 aliphatic carbocycles. The third-order valence-corrected chi connectivity index (χ3v) is 6.32. The number of H-pyrrole nitrogens is 1. The van der Waals surface area contributed by atoms with Crippen LogP contribution in [0.25, 0.3) is 5.69 Å². The topological polar surface area (TPSA) is 82.7 Å². The molecule has 0 spiro atoms. The lowest BCUT2D eigenvalue weighted by molar-refractivity contribution is 0.414. The number of aromatic amines is 1. The minimum Gasteiger partial charge on any atom is -0.497 e. The van der Waals surface area contributed by atoms with E-state index in [-0.39, 0.29) is 12.2 Å². The van der Waals surface area contributed by atoms with Crippen LogP contribution in [-0.2, 0) is 19.5 Å². The average molecular weight is 493 g/mol. The summed E-state index contributed by atoms with van der Waals surface area (Å²) in [5, 5.41) is 12.0. The van der Waals surface area contributed by atoms with Gasteiger partial charge in [-0.2, -0.15) is 10.2 Å². The third kappa shape index (κ3) is 5.97. The molecule has 0 saturated carbocycles. The number of para-hydroxylation sites is 1. The minimum atomic E-state index is -0.127. The van der Waals surface area contributed by atoms with Gasteiger partial charge in [0.15, 0.2) is 10.6 Å². The van der Waals surface area contributed by atoms with Crippen LogP contribution in [0.15, 0.2) is 59.4 Å². The van der Waals surface area contributed by atoms with Gasteiger partial charge in [-0.15, -0.1) is 0 Å². The van der Waals surface area contributed by atoms with Gasteiger partial charge < -0.3 is 4.74 Å². The Morgan fingerprint density at radius 1 is 0.971 bits per heavy atom. The van der Waals surface area contributed by atoms with Crippen LogP contribution in [0.2, 0.25) is 0 Å². The van der Waals surface area contributed by atoms with E-state index in [0.29, 0.717) is 29.4 Å². The number of rotatable bonds is 12. The molecule has 0 saturated heterocycles. The Morgan fingerprint density at radius 3 is 2.43 bits per heavy atom. The molecule has 9 heteroatoms. The van der Waals surface area contributed by atoms with Crippen LogP contribution in [0.5, 0.6) is 5.75 Å². The Bertz CT molecular complexity index is 1330. The number of nitrogens with zero attached hydrogens (tertiary/aromatic N) is 5. The van der Waals surface area contributed by atoms with Crippen molar-refractivity contribution >= 4 is 12.2 Å². The van der Waals surface area contributed by atoms with E-state index in [1.165, 1.54) is 19.3 Å². The Morgan fingerprint density at radius 2 is 1.71 bits per heavy atom. The van der Waals surface area contributed by atoms with E-state index in [1.807, 2.05) is 59.2 Å². The standard InChI is InChI=1S/C26H32N6O2S/c1-3-4-5-6-10-17-31-26(33)30(23(29-31)18-20-13-15-22(34-2)16-14-20)19-24-27-28-25(35)32(24)21-11-8-7-9-12-21/h7-9,11-16H,3-6,10,17-19H2,1-2H3,(H,28,35). The molecule has 1 N–H and O–H groups in total. The fraction of sp³-hybridized carbons (Fsp3) is 0.385. The molecule has 2 heterocycles. The van der Waals surface area contributed by atoms with E-state index < -0.39 is 0 Å². The lowest BCUT2D eigenvalue weighted by Crippen LogP contribution is -2.27. The zero-order chi connectivity index (χ0) is 24.6. The molecule has 0 fully saturated rings. The number of aromatic nitrogens is 6. The lowest BCUT2D eigenvalue weighted by Gasteiger charge is -2.09. The Labute approximate surface area is 210 Å². The zero-order valence-corrected chi connectivity index (χ0v) is 21.1. The van der Waals surface area contributed by atoms with E-state index in [9.17, 15) is 4.79 Å². The maximum absolute atomic E-state index is 13.4. The van der Waals surface area contributed by atoms with Crippen LogP contribution in [0.3, 0.4) is 0 Å². The quantitative estimate of drug-likeness (QED) is 0.225. The van der Waals surface area contributed by atoms with E-state index in [2.05, 4.69) is 17.1 Å². The SMILES string of the molecule is CCCCCCCn1nc(Cc2ccc(OC)cc2)n(Cc2n[nH]c(=S)n2-c2ccccc2)c1=O. The molecule has 35 heavy (non-hydrogen) atoms. The molecule has 4 rings (SSSR count). The number of nitrogens with one attached hydrogen (secondary N) is 1. The summed E-state index contributed by atoms with van der Waals surface area (Å²) in [6, 6.07) is 17.6. The molecule has 2 aromatic carbocycles. The van der Waals surface area contributed by atoms with Crippen LogP contribution in [-0.4, -0.2) is 36.2 Å². The van der Waals surface area contributed by atoms with Crippen molar-refractivity contribution in [3.05, 3.63) is 87.1 Å². The van der Waals surface area contributed by atoms with Crippen LogP contribution in [0.4, 0.5) is 0 Å². The second-order valence-corrected chi connectivity index (χ2v) is 8.95. The van der Waals surface area contributed by atoms with E-state index in [4.69, 9.17) is 22.1 Å². The van der Waals surface area contributed by atoms with Gasteiger partial charge in [-0.25, -0.2) is 9.48 Å². The second-order valence-electron chi connectivity index (χ2n) is 8.56. The van der Waals surface area contributed by atoms with Crippen molar-refractivity contribution in [2.75, 3.05) is 7.11 Å². The van der Waals surface area contributed by atoms with Crippen LogP contribution >= 0.6 is 12.2 Å². The van der Waals surface area contributed by atoms with Crippen molar-refractivity contribution in [2.24, 2.45) is 0 Å². The Balaban J connectivity index is 1.65. The first-order valence-corrected chi connectivity index (χ1v) is 12.5. The smallest absolute Gasteiger partial charge is 0.346 e. The van der Waals surface area contributed by atoms with E-state index in [1.54, 1.807) is 16.4 Å². The second kappa shape index (κ2) is 11.8. The number of hydrogen-bond donors (Lipinski definition) is 1. The highest BCUT2D eigenvalue weighted by atomic mass is 32.1. The highest BCUT2D eigenvalue weighted by molar-refractivity contribution is 7.71. The van der Waals surface area contributed by atoms with Gasteiger partial charge in [0.2, 0.25) is 0 Å². The molecule has 4 aromatic rings. The fourth-order valence-corrected chi connectivity index (χ4v) is 4.39. The fourth-order valence-electron chi connectivity index (χ4n) is 4.13. The van der Waals surface area contributed by atoms with E-state index >= 15 is 0 Å². The predicted molar refractivity (Wildman–Crippen MR) is 139 cm³/mol. The number of unbranched alkanes of at least 4 members (excludes halogenated alkanes) is 4. The van der Waals surface area contributed by atoms with Gasteiger partial charge >= 0.3 is 5.69 Å². The summed E-state index contributed by atoms with van der Waals surface area (Å²) in [7, 11) is 1.65. The summed E-state index contributed by atoms with van der Waals surface area (Å²) in [6.45, 7) is 3.07. The van der Waals surface area contributed by atoms with Crippen LogP contribution in [0, 0.1) is 4.77 Å². The summed E-state index contributed by atoms with van der Waals surface area (Å²) in [4.78, 5) is 13.4. The van der Waals surface area contributed by atoms with Crippen molar-refractivity contribution in [2.45, 2.75) is 58.5 Å². The monoisotopic (exact) mass is 492 g/mol. The third-order valence-electron chi connectivity index (χ3n) is 6.05. The molecule has 0 amide bonds. The Kier molecular flexibility index (Phi) is 8.31. The summed E-state index contributed by atoms with van der Waals surface area (Å²) in [5.41, 5.74) is 1.82. The van der Waals surface area contributed by atoms with Crippen molar-refractivity contribution in [1.29, 1.82) is 0 Å². The molecule has 0 radical (unpaired) electrons. The van der Waals surface area contributed by atoms with Crippen molar-refractivity contribution in [1.82, 2.24) is 29.1 Å². The molecule has 0 aliphatic rings. The largest absolute Gasteiger partial charge is 0.497 e. The summed E-state index contributed by atoms with van der Waals surface area (Å²) in [5.74, 6) is 2.14. The number of methoxy groups -OCH3 is 1. The normalized spacial score (nSPS) is 11.1. The summed E-state index contributed by atoms with van der Waals surface area (Å²) in [6.07, 6.45) is 6.13. The average Bonchev–Trinajstić information content (AvgIpc) is 3.39. The van der Waals surface area contributed by atoms with Crippen LogP contribution in [0.1, 0.15) is 56.2 Å². The Hall–Kier alpha value is -3.46. The minimum absolute atomic E-state index is 0.127.